The zero-order valence-electron chi connectivity index (χ0n) is 11.7. The first-order chi connectivity index (χ1) is 10.2. The lowest BCUT2D eigenvalue weighted by Gasteiger charge is -2.21. The average Bonchev–Trinajstić information content (AvgIpc) is 2.74. The second kappa shape index (κ2) is 5.68. The Labute approximate surface area is 122 Å². The minimum absolute atomic E-state index is 0.271. The number of rotatable bonds is 3. The highest BCUT2D eigenvalue weighted by atomic mass is 16.7. The molecule has 0 radical (unpaired) electrons. The minimum atomic E-state index is -0.562. The van der Waals surface area contributed by atoms with E-state index in [0.717, 1.165) is 25.7 Å². The van der Waals surface area contributed by atoms with Crippen molar-refractivity contribution in [1.82, 2.24) is 5.06 Å². The number of hydrogen-bond donors (Lipinski definition) is 0. The molecule has 2 amide bonds. The summed E-state index contributed by atoms with van der Waals surface area (Å²) in [4.78, 5) is 41.1. The highest BCUT2D eigenvalue weighted by Gasteiger charge is 2.38. The van der Waals surface area contributed by atoms with Crippen LogP contribution in [0.4, 0.5) is 0 Å². The topological polar surface area (TPSA) is 63.7 Å². The summed E-state index contributed by atoms with van der Waals surface area (Å²) in [7, 11) is 0. The van der Waals surface area contributed by atoms with Gasteiger partial charge in [-0.05, 0) is 30.9 Å². The molecule has 3 rings (SSSR count). The van der Waals surface area contributed by atoms with Gasteiger partial charge in [0.05, 0.1) is 17.5 Å². The average molecular weight is 287 g/mol. The maximum Gasteiger partial charge on any atom is 0.333 e. The predicted molar refractivity (Wildman–Crippen MR) is 74.2 cm³/mol. The molecule has 1 aliphatic carbocycles. The molecule has 0 spiro atoms. The molecule has 21 heavy (non-hydrogen) atoms. The van der Waals surface area contributed by atoms with Crippen LogP contribution >= 0.6 is 0 Å². The highest BCUT2D eigenvalue weighted by Crippen LogP contribution is 2.28. The maximum absolute atomic E-state index is 12.1. The second-order valence-corrected chi connectivity index (χ2v) is 5.62. The molecule has 1 aliphatic heterocycles. The molecule has 1 aromatic carbocycles. The van der Waals surface area contributed by atoms with Crippen LogP contribution in [-0.2, 0) is 9.63 Å². The molecule has 5 heteroatoms. The van der Waals surface area contributed by atoms with Gasteiger partial charge in [0.15, 0.2) is 0 Å². The zero-order chi connectivity index (χ0) is 14.8. The fourth-order valence-corrected chi connectivity index (χ4v) is 3.02. The fraction of sp³-hybridized carbons (Fsp3) is 0.438. The molecule has 0 saturated heterocycles. The number of amides is 2. The Morgan fingerprint density at radius 3 is 2.19 bits per heavy atom. The smallest absolute Gasteiger partial charge is 0.330 e. The summed E-state index contributed by atoms with van der Waals surface area (Å²) in [5.41, 5.74) is 0.570. The van der Waals surface area contributed by atoms with E-state index in [1.54, 1.807) is 24.3 Å². The van der Waals surface area contributed by atoms with Crippen LogP contribution in [0.15, 0.2) is 24.3 Å². The predicted octanol–water partition coefficient (Wildman–Crippen LogP) is 2.71. The van der Waals surface area contributed by atoms with Gasteiger partial charge in [-0.25, -0.2) is 4.79 Å². The third kappa shape index (κ3) is 2.68. The molecule has 0 atom stereocenters. The molecule has 1 heterocycles. The second-order valence-electron chi connectivity index (χ2n) is 5.62. The molecule has 110 valence electrons. The SMILES string of the molecule is O=C(CC1CCCCC1)ON1C(=O)c2ccccc2C1=O. The van der Waals surface area contributed by atoms with Crippen molar-refractivity contribution >= 4 is 17.8 Å². The van der Waals surface area contributed by atoms with E-state index in [1.165, 1.54) is 6.42 Å². The normalized spacial score (nSPS) is 18.8. The fourth-order valence-electron chi connectivity index (χ4n) is 3.02. The van der Waals surface area contributed by atoms with Crippen molar-refractivity contribution in [3.63, 3.8) is 0 Å². The van der Waals surface area contributed by atoms with Gasteiger partial charge < -0.3 is 4.84 Å². The van der Waals surface area contributed by atoms with Gasteiger partial charge in [-0.2, -0.15) is 0 Å². The lowest BCUT2D eigenvalue weighted by Crippen LogP contribution is -2.33. The van der Waals surface area contributed by atoms with Crippen molar-refractivity contribution < 1.29 is 19.2 Å². The third-order valence-corrected chi connectivity index (χ3v) is 4.13. The molecular weight excluding hydrogens is 270 g/mol. The molecular formula is C16H17NO4. The Morgan fingerprint density at radius 1 is 1.05 bits per heavy atom. The third-order valence-electron chi connectivity index (χ3n) is 4.13. The standard InChI is InChI=1S/C16H17NO4/c18-14(10-11-6-2-1-3-7-11)21-17-15(19)12-8-4-5-9-13(12)16(17)20/h4-5,8-9,11H,1-3,6-7,10H2. The molecule has 1 saturated carbocycles. The largest absolute Gasteiger partial charge is 0.333 e. The summed E-state index contributed by atoms with van der Waals surface area (Å²) in [5, 5.41) is 0.593. The van der Waals surface area contributed by atoms with Crippen LogP contribution in [0, 0.1) is 5.92 Å². The maximum atomic E-state index is 12.1. The summed E-state index contributed by atoms with van der Waals surface area (Å²) < 4.78 is 0. The summed E-state index contributed by atoms with van der Waals surface area (Å²) >= 11 is 0. The van der Waals surface area contributed by atoms with Gasteiger partial charge in [0.1, 0.15) is 0 Å². The van der Waals surface area contributed by atoms with E-state index in [1.807, 2.05) is 0 Å². The van der Waals surface area contributed by atoms with Crippen LogP contribution in [-0.4, -0.2) is 22.8 Å². The summed E-state index contributed by atoms with van der Waals surface area (Å²) in [6, 6.07) is 6.48. The van der Waals surface area contributed by atoms with Crippen LogP contribution in [0.1, 0.15) is 59.2 Å². The van der Waals surface area contributed by atoms with Crippen molar-refractivity contribution in [3.8, 4) is 0 Å². The van der Waals surface area contributed by atoms with Crippen molar-refractivity contribution in [2.75, 3.05) is 0 Å². The van der Waals surface area contributed by atoms with E-state index in [-0.39, 0.29) is 17.5 Å². The van der Waals surface area contributed by atoms with Gasteiger partial charge in [0.2, 0.25) is 0 Å². The van der Waals surface area contributed by atoms with Crippen molar-refractivity contribution in [1.29, 1.82) is 0 Å². The van der Waals surface area contributed by atoms with Crippen LogP contribution in [0.3, 0.4) is 0 Å². The number of hydroxylamine groups is 2. The van der Waals surface area contributed by atoms with Crippen molar-refractivity contribution in [3.05, 3.63) is 35.4 Å². The lowest BCUT2D eigenvalue weighted by molar-refractivity contribution is -0.169. The number of benzene rings is 1. The lowest BCUT2D eigenvalue weighted by atomic mass is 9.87. The number of imide groups is 1. The van der Waals surface area contributed by atoms with Crippen LogP contribution in [0.5, 0.6) is 0 Å². The van der Waals surface area contributed by atoms with E-state index in [2.05, 4.69) is 0 Å². The summed E-state index contributed by atoms with van der Waals surface area (Å²) in [6.07, 6.45) is 5.77. The van der Waals surface area contributed by atoms with Crippen molar-refractivity contribution in [2.24, 2.45) is 5.92 Å². The Balaban J connectivity index is 1.64. The molecule has 5 nitrogen and oxygen atoms in total. The van der Waals surface area contributed by atoms with E-state index in [9.17, 15) is 14.4 Å². The first-order valence-electron chi connectivity index (χ1n) is 7.35. The molecule has 0 bridgehead atoms. The summed E-state index contributed by atoms with van der Waals surface area (Å²) in [6.45, 7) is 0. The van der Waals surface area contributed by atoms with E-state index in [4.69, 9.17) is 4.84 Å². The molecule has 0 N–H and O–H groups in total. The van der Waals surface area contributed by atoms with Crippen LogP contribution in [0.2, 0.25) is 0 Å². The number of carbonyl (C=O) groups excluding carboxylic acids is 3. The minimum Gasteiger partial charge on any atom is -0.330 e. The zero-order valence-corrected chi connectivity index (χ0v) is 11.7. The first kappa shape index (κ1) is 13.8. The Hall–Kier alpha value is -2.17. The van der Waals surface area contributed by atoms with Gasteiger partial charge in [0, 0.05) is 0 Å². The summed E-state index contributed by atoms with van der Waals surface area (Å²) in [5.74, 6) is -1.32. The molecule has 2 aliphatic rings. The van der Waals surface area contributed by atoms with Crippen LogP contribution in [0.25, 0.3) is 0 Å². The number of fused-ring (bicyclic) bond motifs is 1. The molecule has 0 unspecified atom stereocenters. The van der Waals surface area contributed by atoms with Gasteiger partial charge in [-0.1, -0.05) is 36.5 Å². The van der Waals surface area contributed by atoms with Gasteiger partial charge >= 0.3 is 5.97 Å². The molecule has 1 aromatic rings. The highest BCUT2D eigenvalue weighted by molar-refractivity contribution is 6.20. The van der Waals surface area contributed by atoms with Crippen molar-refractivity contribution in [2.45, 2.75) is 38.5 Å². The number of nitrogens with zero attached hydrogens (tertiary/aromatic N) is 1. The molecule has 0 aromatic heterocycles. The first-order valence-corrected chi connectivity index (χ1v) is 7.35. The Bertz CT molecular complexity index is 555. The van der Waals surface area contributed by atoms with Gasteiger partial charge in [-0.3, -0.25) is 9.59 Å². The number of hydrogen-bond acceptors (Lipinski definition) is 4. The number of carbonyl (C=O) groups is 3. The molecule has 1 fully saturated rings. The van der Waals surface area contributed by atoms with E-state index >= 15 is 0 Å². The van der Waals surface area contributed by atoms with E-state index < -0.39 is 17.8 Å². The van der Waals surface area contributed by atoms with Crippen LogP contribution < -0.4 is 0 Å². The monoisotopic (exact) mass is 287 g/mol. The van der Waals surface area contributed by atoms with Gasteiger partial charge in [-0.15, -0.1) is 0 Å². The van der Waals surface area contributed by atoms with E-state index in [0.29, 0.717) is 11.0 Å². The van der Waals surface area contributed by atoms with Gasteiger partial charge in [0.25, 0.3) is 11.8 Å². The Morgan fingerprint density at radius 2 is 1.62 bits per heavy atom. The Kier molecular flexibility index (Phi) is 3.73. The quantitative estimate of drug-likeness (QED) is 0.802.